The van der Waals surface area contributed by atoms with Gasteiger partial charge in [-0.1, -0.05) is 26.7 Å². The van der Waals surface area contributed by atoms with Gasteiger partial charge in [0.05, 0.1) is 5.54 Å². The van der Waals surface area contributed by atoms with Gasteiger partial charge in [0.2, 0.25) is 0 Å². The Bertz CT molecular complexity index is 239. The van der Waals surface area contributed by atoms with Crippen LogP contribution in [0.25, 0.3) is 0 Å². The standard InChI is InChI=1S/C15H29NO/c1-13(2)9-8-10-14(17)15(3,4)16-11-6-5-7-12-16/h13H,5-12H2,1-4H3. The van der Waals surface area contributed by atoms with E-state index in [-0.39, 0.29) is 5.54 Å². The number of rotatable bonds is 6. The molecule has 0 aromatic carbocycles. The number of likely N-dealkylation sites (tertiary alicyclic amines) is 1. The Kier molecular flexibility index (Phi) is 5.64. The normalized spacial score (nSPS) is 18.6. The van der Waals surface area contributed by atoms with Crippen molar-refractivity contribution in [1.82, 2.24) is 4.90 Å². The SMILES string of the molecule is CC(C)CCCC(=O)C(C)(C)N1CCCCC1. The molecule has 2 heteroatoms. The fraction of sp³-hybridized carbons (Fsp3) is 0.933. The first kappa shape index (κ1) is 14.7. The minimum atomic E-state index is -0.239. The molecule has 17 heavy (non-hydrogen) atoms. The fourth-order valence-corrected chi connectivity index (χ4v) is 2.61. The summed E-state index contributed by atoms with van der Waals surface area (Å²) in [6.45, 7) is 10.9. The number of hydrogen-bond acceptors (Lipinski definition) is 2. The molecule has 0 amide bonds. The van der Waals surface area contributed by atoms with Gasteiger partial charge in [-0.25, -0.2) is 0 Å². The van der Waals surface area contributed by atoms with Gasteiger partial charge in [0.15, 0.2) is 5.78 Å². The van der Waals surface area contributed by atoms with Gasteiger partial charge in [-0.2, -0.15) is 0 Å². The van der Waals surface area contributed by atoms with Gasteiger partial charge in [0.25, 0.3) is 0 Å². The highest BCUT2D eigenvalue weighted by molar-refractivity contribution is 5.87. The molecule has 0 aliphatic carbocycles. The lowest BCUT2D eigenvalue weighted by Crippen LogP contribution is -2.52. The molecular weight excluding hydrogens is 210 g/mol. The predicted molar refractivity (Wildman–Crippen MR) is 73.2 cm³/mol. The third-order valence-corrected chi connectivity index (χ3v) is 4.01. The second-order valence-corrected chi connectivity index (χ2v) is 6.32. The average Bonchev–Trinajstić information content (AvgIpc) is 2.29. The van der Waals surface area contributed by atoms with Gasteiger partial charge >= 0.3 is 0 Å². The Balaban J connectivity index is 2.41. The molecule has 0 radical (unpaired) electrons. The first-order valence-corrected chi connectivity index (χ1v) is 7.23. The van der Waals surface area contributed by atoms with Gasteiger partial charge in [0.1, 0.15) is 0 Å². The predicted octanol–water partition coefficient (Wildman–Crippen LogP) is 3.65. The molecule has 1 heterocycles. The van der Waals surface area contributed by atoms with Crippen LogP contribution in [0.1, 0.15) is 66.2 Å². The lowest BCUT2D eigenvalue weighted by Gasteiger charge is -2.39. The maximum absolute atomic E-state index is 12.3. The smallest absolute Gasteiger partial charge is 0.152 e. The summed E-state index contributed by atoms with van der Waals surface area (Å²) in [4.78, 5) is 14.7. The lowest BCUT2D eigenvalue weighted by molar-refractivity contribution is -0.130. The van der Waals surface area contributed by atoms with E-state index in [9.17, 15) is 4.79 Å². The molecule has 1 aliphatic heterocycles. The third-order valence-electron chi connectivity index (χ3n) is 4.01. The van der Waals surface area contributed by atoms with Crippen molar-refractivity contribution in [2.24, 2.45) is 5.92 Å². The second kappa shape index (κ2) is 6.53. The van der Waals surface area contributed by atoms with Crippen LogP contribution in [-0.4, -0.2) is 29.3 Å². The van der Waals surface area contributed by atoms with Crippen molar-refractivity contribution in [1.29, 1.82) is 0 Å². The number of hydrogen-bond donors (Lipinski definition) is 0. The van der Waals surface area contributed by atoms with Crippen molar-refractivity contribution in [2.45, 2.75) is 71.8 Å². The van der Waals surface area contributed by atoms with E-state index in [0.717, 1.165) is 25.9 Å². The van der Waals surface area contributed by atoms with Gasteiger partial charge in [-0.3, -0.25) is 9.69 Å². The highest BCUT2D eigenvalue weighted by Gasteiger charge is 2.34. The Morgan fingerprint density at radius 3 is 2.29 bits per heavy atom. The Morgan fingerprint density at radius 2 is 1.76 bits per heavy atom. The van der Waals surface area contributed by atoms with Crippen molar-refractivity contribution in [3.63, 3.8) is 0 Å². The topological polar surface area (TPSA) is 20.3 Å². The second-order valence-electron chi connectivity index (χ2n) is 6.32. The molecule has 0 atom stereocenters. The van der Waals surface area contributed by atoms with E-state index in [4.69, 9.17) is 0 Å². The van der Waals surface area contributed by atoms with Crippen LogP contribution in [0.3, 0.4) is 0 Å². The zero-order chi connectivity index (χ0) is 12.9. The Labute approximate surface area is 107 Å². The number of nitrogens with zero attached hydrogens (tertiary/aromatic N) is 1. The minimum absolute atomic E-state index is 0.239. The van der Waals surface area contributed by atoms with E-state index in [1.807, 2.05) is 0 Å². The molecule has 0 bridgehead atoms. The molecule has 1 aliphatic rings. The molecule has 1 saturated heterocycles. The summed E-state index contributed by atoms with van der Waals surface area (Å²) >= 11 is 0. The third kappa shape index (κ3) is 4.42. The van der Waals surface area contributed by atoms with Crippen molar-refractivity contribution in [2.75, 3.05) is 13.1 Å². The van der Waals surface area contributed by atoms with Crippen molar-refractivity contribution < 1.29 is 4.79 Å². The van der Waals surface area contributed by atoms with Crippen LogP contribution in [-0.2, 0) is 4.79 Å². The van der Waals surface area contributed by atoms with Gasteiger partial charge in [-0.15, -0.1) is 0 Å². The summed E-state index contributed by atoms with van der Waals surface area (Å²) in [5.74, 6) is 1.14. The number of piperidine rings is 1. The summed E-state index contributed by atoms with van der Waals surface area (Å²) in [5.41, 5.74) is -0.239. The highest BCUT2D eigenvalue weighted by Crippen LogP contribution is 2.23. The fourth-order valence-electron chi connectivity index (χ4n) is 2.61. The van der Waals surface area contributed by atoms with Gasteiger partial charge in [-0.05, 0) is 52.1 Å². The number of ketones is 1. The lowest BCUT2D eigenvalue weighted by atomic mass is 9.90. The van der Waals surface area contributed by atoms with E-state index in [0.29, 0.717) is 11.7 Å². The first-order valence-electron chi connectivity index (χ1n) is 7.23. The van der Waals surface area contributed by atoms with Crippen molar-refractivity contribution in [3.05, 3.63) is 0 Å². The zero-order valence-electron chi connectivity index (χ0n) is 12.1. The summed E-state index contributed by atoms with van der Waals surface area (Å²) < 4.78 is 0. The molecule has 0 N–H and O–H groups in total. The Morgan fingerprint density at radius 1 is 1.18 bits per heavy atom. The first-order chi connectivity index (χ1) is 7.94. The summed E-state index contributed by atoms with van der Waals surface area (Å²) in [7, 11) is 0. The molecule has 1 rings (SSSR count). The van der Waals surface area contributed by atoms with Crippen LogP contribution >= 0.6 is 0 Å². The quantitative estimate of drug-likeness (QED) is 0.705. The van der Waals surface area contributed by atoms with Crippen LogP contribution < -0.4 is 0 Å². The van der Waals surface area contributed by atoms with Crippen LogP contribution in [0.2, 0.25) is 0 Å². The molecule has 100 valence electrons. The van der Waals surface area contributed by atoms with E-state index in [1.165, 1.54) is 25.7 Å². The van der Waals surface area contributed by atoms with E-state index in [1.54, 1.807) is 0 Å². The van der Waals surface area contributed by atoms with Crippen LogP contribution in [0.15, 0.2) is 0 Å². The number of Topliss-reactive ketones (excluding diaryl/α,β-unsaturated/α-hetero) is 1. The monoisotopic (exact) mass is 239 g/mol. The van der Waals surface area contributed by atoms with Crippen molar-refractivity contribution in [3.8, 4) is 0 Å². The number of carbonyl (C=O) groups is 1. The average molecular weight is 239 g/mol. The minimum Gasteiger partial charge on any atom is -0.298 e. The molecule has 0 spiro atoms. The maximum Gasteiger partial charge on any atom is 0.152 e. The summed E-state index contributed by atoms with van der Waals surface area (Å²) in [6, 6.07) is 0. The maximum atomic E-state index is 12.3. The van der Waals surface area contributed by atoms with Gasteiger partial charge in [0, 0.05) is 6.42 Å². The van der Waals surface area contributed by atoms with Crippen molar-refractivity contribution >= 4 is 5.78 Å². The van der Waals surface area contributed by atoms with E-state index >= 15 is 0 Å². The zero-order valence-corrected chi connectivity index (χ0v) is 12.1. The van der Waals surface area contributed by atoms with E-state index < -0.39 is 0 Å². The van der Waals surface area contributed by atoms with Crippen LogP contribution in [0.5, 0.6) is 0 Å². The molecule has 0 unspecified atom stereocenters. The van der Waals surface area contributed by atoms with Gasteiger partial charge < -0.3 is 0 Å². The summed E-state index contributed by atoms with van der Waals surface area (Å²) in [6.07, 6.45) is 6.80. The van der Waals surface area contributed by atoms with Crippen LogP contribution in [0.4, 0.5) is 0 Å². The number of carbonyl (C=O) groups excluding carboxylic acids is 1. The molecule has 0 aromatic heterocycles. The molecule has 0 saturated carbocycles. The van der Waals surface area contributed by atoms with Crippen LogP contribution in [0, 0.1) is 5.92 Å². The molecule has 1 fully saturated rings. The molecule has 0 aromatic rings. The largest absolute Gasteiger partial charge is 0.298 e. The molecule has 2 nitrogen and oxygen atoms in total. The molecular formula is C15H29NO. The highest BCUT2D eigenvalue weighted by atomic mass is 16.1. The van der Waals surface area contributed by atoms with E-state index in [2.05, 4.69) is 32.6 Å². The Hall–Kier alpha value is -0.370. The summed E-state index contributed by atoms with van der Waals surface area (Å²) in [5, 5.41) is 0.